The van der Waals surface area contributed by atoms with Crippen LogP contribution in [0.5, 0.6) is 0 Å². The molecule has 1 unspecified atom stereocenters. The molecule has 0 aliphatic carbocycles. The van der Waals surface area contributed by atoms with E-state index in [1.807, 2.05) is 30.3 Å². The Labute approximate surface area is 184 Å². The van der Waals surface area contributed by atoms with Crippen LogP contribution in [0.2, 0.25) is 0 Å². The van der Waals surface area contributed by atoms with Gasteiger partial charge in [0.2, 0.25) is 0 Å². The molecule has 7 heteroatoms. The molecule has 5 nitrogen and oxygen atoms in total. The highest BCUT2D eigenvalue weighted by atomic mass is 127. The van der Waals surface area contributed by atoms with Gasteiger partial charge in [0.25, 0.3) is 0 Å². The van der Waals surface area contributed by atoms with Crippen molar-refractivity contribution in [3.8, 4) is 0 Å². The predicted molar refractivity (Wildman–Crippen MR) is 127 cm³/mol. The zero-order valence-corrected chi connectivity index (χ0v) is 20.0. The monoisotopic (exact) mass is 506 g/mol. The van der Waals surface area contributed by atoms with Crippen molar-refractivity contribution in [1.29, 1.82) is 0 Å². The van der Waals surface area contributed by atoms with Crippen LogP contribution in [-0.2, 0) is 16.6 Å². The van der Waals surface area contributed by atoms with Crippen LogP contribution >= 0.6 is 24.0 Å². The number of hydrogen-bond donors (Lipinski definition) is 2. The Morgan fingerprint density at radius 3 is 2.52 bits per heavy atom. The summed E-state index contributed by atoms with van der Waals surface area (Å²) >= 11 is 0. The van der Waals surface area contributed by atoms with E-state index in [4.69, 9.17) is 0 Å². The number of halogens is 1. The quantitative estimate of drug-likeness (QED) is 0.324. The molecule has 0 radical (unpaired) electrons. The molecule has 0 aromatic heterocycles. The van der Waals surface area contributed by atoms with E-state index >= 15 is 0 Å². The molecule has 1 aliphatic rings. The standard InChI is InChI=1S/C20H34N4OS.HI/c1-4-21-20(23-19-10-13-24(14-11-19)17(2)3)22-12-15-26(25)16-18-8-6-5-7-9-18;/h5-9,17,19H,4,10-16H2,1-3H3,(H2,21,22,23);1H. The summed E-state index contributed by atoms with van der Waals surface area (Å²) in [4.78, 5) is 7.15. The molecule has 154 valence electrons. The largest absolute Gasteiger partial charge is 0.357 e. The fourth-order valence-corrected chi connectivity index (χ4v) is 4.17. The van der Waals surface area contributed by atoms with Gasteiger partial charge in [-0.1, -0.05) is 30.3 Å². The molecule has 1 saturated heterocycles. The third-order valence-corrected chi connectivity index (χ3v) is 6.00. The summed E-state index contributed by atoms with van der Waals surface area (Å²) in [5.74, 6) is 2.05. The molecule has 2 rings (SSSR count). The molecule has 27 heavy (non-hydrogen) atoms. The van der Waals surface area contributed by atoms with E-state index in [-0.39, 0.29) is 24.0 Å². The summed E-state index contributed by atoms with van der Waals surface area (Å²) in [6.45, 7) is 10.3. The molecule has 2 N–H and O–H groups in total. The Balaban J connectivity index is 0.00000364. The van der Waals surface area contributed by atoms with Crippen LogP contribution in [0.15, 0.2) is 35.3 Å². The molecule has 1 aliphatic heterocycles. The van der Waals surface area contributed by atoms with Crippen molar-refractivity contribution in [2.75, 3.05) is 31.9 Å². The van der Waals surface area contributed by atoms with Crippen LogP contribution < -0.4 is 10.6 Å². The molecule has 1 aromatic rings. The predicted octanol–water partition coefficient (Wildman–Crippen LogP) is 2.98. The summed E-state index contributed by atoms with van der Waals surface area (Å²) in [6.07, 6.45) is 2.28. The number of hydrogen-bond acceptors (Lipinski definition) is 3. The average molecular weight is 506 g/mol. The first-order chi connectivity index (χ1) is 12.6. The lowest BCUT2D eigenvalue weighted by Gasteiger charge is -2.35. The number of piperidine rings is 1. The minimum atomic E-state index is -0.877. The Kier molecular flexibility index (Phi) is 12.2. The van der Waals surface area contributed by atoms with Gasteiger partial charge in [0.15, 0.2) is 5.96 Å². The summed E-state index contributed by atoms with van der Waals surface area (Å²) in [5.41, 5.74) is 1.12. The zero-order valence-electron chi connectivity index (χ0n) is 16.8. The first-order valence-corrected chi connectivity index (χ1v) is 11.2. The lowest BCUT2D eigenvalue weighted by Crippen LogP contribution is -2.50. The zero-order chi connectivity index (χ0) is 18.8. The summed E-state index contributed by atoms with van der Waals surface area (Å²) in [6, 6.07) is 11.1. The maximum Gasteiger partial charge on any atom is 0.191 e. The SMILES string of the molecule is CCNC(=NCCS(=O)Cc1ccccc1)NC1CCN(C(C)C)CC1.I. The van der Waals surface area contributed by atoms with E-state index in [9.17, 15) is 4.21 Å². The molecule has 1 fully saturated rings. The number of rotatable bonds is 8. The Hall–Kier alpha value is -0.670. The van der Waals surface area contributed by atoms with Gasteiger partial charge >= 0.3 is 0 Å². The molecule has 0 bridgehead atoms. The minimum absolute atomic E-state index is 0. The van der Waals surface area contributed by atoms with Crippen molar-refractivity contribution in [2.24, 2.45) is 4.99 Å². The van der Waals surface area contributed by atoms with Gasteiger partial charge in [-0.15, -0.1) is 24.0 Å². The number of benzene rings is 1. The minimum Gasteiger partial charge on any atom is -0.357 e. The molecule has 1 aromatic carbocycles. The van der Waals surface area contributed by atoms with Crippen LogP contribution in [-0.4, -0.2) is 59.1 Å². The van der Waals surface area contributed by atoms with E-state index in [0.717, 1.165) is 44.0 Å². The van der Waals surface area contributed by atoms with Gasteiger partial charge in [0, 0.05) is 54.0 Å². The Morgan fingerprint density at radius 1 is 1.26 bits per heavy atom. The lowest BCUT2D eigenvalue weighted by atomic mass is 10.0. The fraction of sp³-hybridized carbons (Fsp3) is 0.650. The van der Waals surface area contributed by atoms with Crippen LogP contribution in [0.25, 0.3) is 0 Å². The molecule has 0 amide bonds. The smallest absolute Gasteiger partial charge is 0.191 e. The fourth-order valence-electron chi connectivity index (χ4n) is 3.17. The second-order valence-corrected chi connectivity index (χ2v) is 8.66. The lowest BCUT2D eigenvalue weighted by molar-refractivity contribution is 0.167. The number of aliphatic imine (C=N–C) groups is 1. The van der Waals surface area contributed by atoms with E-state index in [1.165, 1.54) is 0 Å². The summed E-state index contributed by atoms with van der Waals surface area (Å²) in [7, 11) is -0.877. The molecule has 1 heterocycles. The topological polar surface area (TPSA) is 56.7 Å². The summed E-state index contributed by atoms with van der Waals surface area (Å²) < 4.78 is 12.2. The van der Waals surface area contributed by atoms with Gasteiger partial charge < -0.3 is 15.5 Å². The second kappa shape index (κ2) is 13.5. The molecule has 1 atom stereocenters. The third kappa shape index (κ3) is 9.38. The van der Waals surface area contributed by atoms with E-state index < -0.39 is 10.8 Å². The maximum atomic E-state index is 12.2. The third-order valence-electron chi connectivity index (χ3n) is 4.70. The van der Waals surface area contributed by atoms with Crippen LogP contribution in [0.3, 0.4) is 0 Å². The van der Waals surface area contributed by atoms with Crippen molar-refractivity contribution in [3.63, 3.8) is 0 Å². The highest BCUT2D eigenvalue weighted by Gasteiger charge is 2.21. The number of guanidine groups is 1. The molecule has 0 spiro atoms. The average Bonchev–Trinajstić information content (AvgIpc) is 2.63. The van der Waals surface area contributed by atoms with Gasteiger partial charge in [0.05, 0.1) is 6.54 Å². The van der Waals surface area contributed by atoms with E-state index in [2.05, 4.69) is 41.3 Å². The Morgan fingerprint density at radius 2 is 1.93 bits per heavy atom. The Bertz CT molecular complexity index is 575. The van der Waals surface area contributed by atoms with Gasteiger partial charge in [0.1, 0.15) is 0 Å². The van der Waals surface area contributed by atoms with Gasteiger partial charge in [-0.05, 0) is 39.2 Å². The molecule has 0 saturated carbocycles. The van der Waals surface area contributed by atoms with Gasteiger partial charge in [-0.3, -0.25) is 9.20 Å². The van der Waals surface area contributed by atoms with Gasteiger partial charge in [-0.25, -0.2) is 0 Å². The highest BCUT2D eigenvalue weighted by Crippen LogP contribution is 2.12. The first kappa shape index (κ1) is 24.4. The molecular weight excluding hydrogens is 471 g/mol. The summed E-state index contributed by atoms with van der Waals surface area (Å²) in [5, 5.41) is 6.87. The van der Waals surface area contributed by atoms with E-state index in [0.29, 0.717) is 30.1 Å². The van der Waals surface area contributed by atoms with Crippen LogP contribution in [0.4, 0.5) is 0 Å². The van der Waals surface area contributed by atoms with Crippen molar-refractivity contribution < 1.29 is 4.21 Å². The van der Waals surface area contributed by atoms with Gasteiger partial charge in [-0.2, -0.15) is 0 Å². The maximum absolute atomic E-state index is 12.2. The van der Waals surface area contributed by atoms with Crippen molar-refractivity contribution in [1.82, 2.24) is 15.5 Å². The first-order valence-electron chi connectivity index (χ1n) is 9.76. The van der Waals surface area contributed by atoms with Crippen molar-refractivity contribution in [2.45, 2.75) is 51.4 Å². The van der Waals surface area contributed by atoms with Crippen molar-refractivity contribution in [3.05, 3.63) is 35.9 Å². The van der Waals surface area contributed by atoms with Crippen LogP contribution in [0.1, 0.15) is 39.2 Å². The second-order valence-electron chi connectivity index (χ2n) is 7.08. The number of likely N-dealkylation sites (tertiary alicyclic amines) is 1. The number of nitrogens with zero attached hydrogens (tertiary/aromatic N) is 2. The number of nitrogens with one attached hydrogen (secondary N) is 2. The van der Waals surface area contributed by atoms with E-state index in [1.54, 1.807) is 0 Å². The van der Waals surface area contributed by atoms with Crippen LogP contribution in [0, 0.1) is 0 Å². The highest BCUT2D eigenvalue weighted by molar-refractivity contribution is 14.0. The normalized spacial score (nSPS) is 17.4. The van der Waals surface area contributed by atoms with Crippen molar-refractivity contribution >= 4 is 40.7 Å². The molecular formula is C20H35IN4OS.